The number of halogens is 2. The predicted octanol–water partition coefficient (Wildman–Crippen LogP) is 3.72. The summed E-state index contributed by atoms with van der Waals surface area (Å²) in [7, 11) is 0. The second-order valence-corrected chi connectivity index (χ2v) is 7.26. The number of carbonyl (C=O) groups excluding carboxylic acids is 1. The molecule has 1 aromatic rings. The van der Waals surface area contributed by atoms with Crippen molar-refractivity contribution in [2.75, 3.05) is 6.54 Å². The highest BCUT2D eigenvalue weighted by Crippen LogP contribution is 2.32. The second kappa shape index (κ2) is 7.55. The van der Waals surface area contributed by atoms with Crippen LogP contribution in [0.15, 0.2) is 23.1 Å². The van der Waals surface area contributed by atoms with Gasteiger partial charge in [0, 0.05) is 10.1 Å². The fraction of sp³-hybridized carbons (Fsp3) is 0.500. The fourth-order valence-corrected chi connectivity index (χ4v) is 3.63. The van der Waals surface area contributed by atoms with E-state index in [0.29, 0.717) is 23.0 Å². The van der Waals surface area contributed by atoms with Gasteiger partial charge in [0.2, 0.25) is 5.91 Å². The van der Waals surface area contributed by atoms with Crippen molar-refractivity contribution in [3.8, 4) is 0 Å². The highest BCUT2D eigenvalue weighted by molar-refractivity contribution is 8.00. The van der Waals surface area contributed by atoms with Gasteiger partial charge in [-0.2, -0.15) is 0 Å². The molecule has 1 rings (SSSR count). The fourth-order valence-electron chi connectivity index (χ4n) is 2.05. The molecule has 0 spiro atoms. The van der Waals surface area contributed by atoms with Crippen molar-refractivity contribution in [3.63, 3.8) is 0 Å². The SMILES string of the molecule is CCNC(C)(CC(C)Sc1ccc(Cl)c(Cl)c1)C(N)=O. The van der Waals surface area contributed by atoms with Crippen LogP contribution < -0.4 is 11.1 Å². The maximum atomic E-state index is 11.6. The second-order valence-electron chi connectivity index (χ2n) is 4.94. The third kappa shape index (κ3) is 4.85. The minimum atomic E-state index is -0.697. The molecule has 2 atom stereocenters. The standard InChI is InChI=1S/C14H20Cl2N2OS/c1-4-18-14(3,13(17)19)8-9(2)20-10-5-6-11(15)12(16)7-10/h5-7,9,18H,4,8H2,1-3H3,(H2,17,19). The summed E-state index contributed by atoms with van der Waals surface area (Å²) in [6.45, 7) is 6.55. The Hall–Kier alpha value is -0.420. The first-order chi connectivity index (χ1) is 9.28. The molecule has 0 saturated heterocycles. The van der Waals surface area contributed by atoms with Crippen LogP contribution in [0.5, 0.6) is 0 Å². The van der Waals surface area contributed by atoms with Crippen molar-refractivity contribution in [3.05, 3.63) is 28.2 Å². The Morgan fingerprint density at radius 3 is 2.60 bits per heavy atom. The van der Waals surface area contributed by atoms with E-state index >= 15 is 0 Å². The number of hydrogen-bond acceptors (Lipinski definition) is 3. The minimum Gasteiger partial charge on any atom is -0.368 e. The molecule has 0 heterocycles. The van der Waals surface area contributed by atoms with Crippen LogP contribution in [0.3, 0.4) is 0 Å². The average Bonchev–Trinajstić information content (AvgIpc) is 2.33. The number of likely N-dealkylation sites (N-methyl/N-ethyl adjacent to an activating group) is 1. The summed E-state index contributed by atoms with van der Waals surface area (Å²) in [6, 6.07) is 5.53. The molecule has 2 unspecified atom stereocenters. The van der Waals surface area contributed by atoms with E-state index in [9.17, 15) is 4.79 Å². The van der Waals surface area contributed by atoms with E-state index in [1.807, 2.05) is 26.0 Å². The van der Waals surface area contributed by atoms with Crippen molar-refractivity contribution >= 4 is 40.9 Å². The summed E-state index contributed by atoms with van der Waals surface area (Å²) in [5.41, 5.74) is 4.80. The Balaban J connectivity index is 2.72. The van der Waals surface area contributed by atoms with Gasteiger partial charge in [-0.25, -0.2) is 0 Å². The van der Waals surface area contributed by atoms with E-state index < -0.39 is 5.54 Å². The summed E-state index contributed by atoms with van der Waals surface area (Å²) >= 11 is 13.5. The zero-order valence-electron chi connectivity index (χ0n) is 11.9. The third-order valence-corrected chi connectivity index (χ3v) is 4.87. The quantitative estimate of drug-likeness (QED) is 0.747. The molecule has 0 bridgehead atoms. The average molecular weight is 335 g/mol. The number of rotatable bonds is 7. The molecule has 0 aliphatic heterocycles. The summed E-state index contributed by atoms with van der Waals surface area (Å²) in [5, 5.41) is 4.45. The zero-order valence-corrected chi connectivity index (χ0v) is 14.2. The smallest absolute Gasteiger partial charge is 0.237 e. The summed E-state index contributed by atoms with van der Waals surface area (Å²) < 4.78 is 0. The molecule has 1 aromatic carbocycles. The molecule has 0 aromatic heterocycles. The molecule has 3 nitrogen and oxygen atoms in total. The van der Waals surface area contributed by atoms with Crippen LogP contribution in [0.2, 0.25) is 10.0 Å². The monoisotopic (exact) mass is 334 g/mol. The molecule has 1 amide bonds. The van der Waals surface area contributed by atoms with E-state index in [0.717, 1.165) is 4.90 Å². The van der Waals surface area contributed by atoms with Crippen LogP contribution >= 0.6 is 35.0 Å². The Kier molecular flexibility index (Phi) is 6.65. The van der Waals surface area contributed by atoms with Crippen molar-refractivity contribution in [1.29, 1.82) is 0 Å². The van der Waals surface area contributed by atoms with Gasteiger partial charge in [-0.3, -0.25) is 4.79 Å². The first-order valence-corrected chi connectivity index (χ1v) is 8.08. The summed E-state index contributed by atoms with van der Waals surface area (Å²) in [4.78, 5) is 12.6. The van der Waals surface area contributed by atoms with Gasteiger partial charge in [0.05, 0.1) is 15.6 Å². The van der Waals surface area contributed by atoms with Crippen molar-refractivity contribution in [2.24, 2.45) is 5.73 Å². The number of carbonyl (C=O) groups is 1. The van der Waals surface area contributed by atoms with E-state index in [1.54, 1.807) is 17.8 Å². The Bertz CT molecular complexity index is 484. The zero-order chi connectivity index (χ0) is 15.3. The Morgan fingerprint density at radius 2 is 2.10 bits per heavy atom. The van der Waals surface area contributed by atoms with Gasteiger partial charge in [0.15, 0.2) is 0 Å². The van der Waals surface area contributed by atoms with E-state index in [-0.39, 0.29) is 11.2 Å². The Labute approximate surface area is 134 Å². The number of thioether (sulfide) groups is 1. The number of nitrogens with one attached hydrogen (secondary N) is 1. The van der Waals surface area contributed by atoms with Crippen LogP contribution in [0.1, 0.15) is 27.2 Å². The molecule has 6 heteroatoms. The number of primary amides is 1. The molecule has 3 N–H and O–H groups in total. The van der Waals surface area contributed by atoms with Crippen LogP contribution in [0.4, 0.5) is 0 Å². The number of hydrogen-bond donors (Lipinski definition) is 2. The lowest BCUT2D eigenvalue weighted by atomic mass is 9.95. The predicted molar refractivity (Wildman–Crippen MR) is 87.7 cm³/mol. The van der Waals surface area contributed by atoms with E-state index in [4.69, 9.17) is 28.9 Å². The van der Waals surface area contributed by atoms with Gasteiger partial charge in [-0.1, -0.05) is 37.0 Å². The first kappa shape index (κ1) is 17.6. The largest absolute Gasteiger partial charge is 0.368 e. The Morgan fingerprint density at radius 1 is 1.45 bits per heavy atom. The molecular formula is C14H20Cl2N2OS. The molecule has 0 radical (unpaired) electrons. The molecule has 0 fully saturated rings. The van der Waals surface area contributed by atoms with Crippen LogP contribution in [-0.4, -0.2) is 23.2 Å². The topological polar surface area (TPSA) is 55.1 Å². The van der Waals surface area contributed by atoms with Crippen LogP contribution in [0, 0.1) is 0 Å². The van der Waals surface area contributed by atoms with Gasteiger partial charge < -0.3 is 11.1 Å². The number of nitrogens with two attached hydrogens (primary N) is 1. The van der Waals surface area contributed by atoms with Gasteiger partial charge in [0.1, 0.15) is 0 Å². The highest BCUT2D eigenvalue weighted by Gasteiger charge is 2.31. The normalized spacial score (nSPS) is 15.7. The maximum Gasteiger partial charge on any atom is 0.237 e. The van der Waals surface area contributed by atoms with Crippen molar-refractivity contribution in [2.45, 2.75) is 42.9 Å². The third-order valence-electron chi connectivity index (χ3n) is 3.03. The first-order valence-electron chi connectivity index (χ1n) is 6.45. The lowest BCUT2D eigenvalue weighted by Crippen LogP contribution is -2.54. The summed E-state index contributed by atoms with van der Waals surface area (Å²) in [5.74, 6) is -0.332. The number of amides is 1. The van der Waals surface area contributed by atoms with Gasteiger partial charge >= 0.3 is 0 Å². The van der Waals surface area contributed by atoms with Gasteiger partial charge in [0.25, 0.3) is 0 Å². The molecule has 0 aliphatic rings. The highest BCUT2D eigenvalue weighted by atomic mass is 35.5. The minimum absolute atomic E-state index is 0.212. The van der Waals surface area contributed by atoms with Crippen molar-refractivity contribution in [1.82, 2.24) is 5.32 Å². The summed E-state index contributed by atoms with van der Waals surface area (Å²) in [6.07, 6.45) is 0.640. The van der Waals surface area contributed by atoms with E-state index in [2.05, 4.69) is 12.2 Å². The van der Waals surface area contributed by atoms with Crippen molar-refractivity contribution < 1.29 is 4.79 Å². The number of benzene rings is 1. The lowest BCUT2D eigenvalue weighted by molar-refractivity contribution is -0.124. The molecule has 112 valence electrons. The van der Waals surface area contributed by atoms with E-state index in [1.165, 1.54) is 0 Å². The van der Waals surface area contributed by atoms with Crippen LogP contribution in [0.25, 0.3) is 0 Å². The molecule has 0 saturated carbocycles. The maximum absolute atomic E-state index is 11.6. The van der Waals surface area contributed by atoms with Gasteiger partial charge in [-0.05, 0) is 38.1 Å². The van der Waals surface area contributed by atoms with Gasteiger partial charge in [-0.15, -0.1) is 11.8 Å². The lowest BCUT2D eigenvalue weighted by Gasteiger charge is -2.29. The molecular weight excluding hydrogens is 315 g/mol. The molecule has 0 aliphatic carbocycles. The molecule has 20 heavy (non-hydrogen) atoms. The van der Waals surface area contributed by atoms with Crippen LogP contribution in [-0.2, 0) is 4.79 Å².